The molecule has 1 aliphatic rings. The summed E-state index contributed by atoms with van der Waals surface area (Å²) in [5.41, 5.74) is 10.1. The molecular formula is C8H17N3O2. The van der Waals surface area contributed by atoms with Crippen LogP contribution in [0.5, 0.6) is 0 Å². The molecule has 1 rings (SSSR count). The lowest BCUT2D eigenvalue weighted by molar-refractivity contribution is -0.145. The maximum absolute atomic E-state index is 10.8. The van der Waals surface area contributed by atoms with Gasteiger partial charge in [-0.1, -0.05) is 0 Å². The summed E-state index contributed by atoms with van der Waals surface area (Å²) in [6.45, 7) is 2.92. The van der Waals surface area contributed by atoms with Crippen LogP contribution in [0, 0.1) is 0 Å². The normalized spacial score (nSPS) is 22.9. The van der Waals surface area contributed by atoms with Crippen LogP contribution in [0.15, 0.2) is 0 Å². The molecule has 0 aromatic carbocycles. The lowest BCUT2D eigenvalue weighted by Crippen LogP contribution is -2.56. The van der Waals surface area contributed by atoms with Crippen LogP contribution in [-0.2, 0) is 4.79 Å². The van der Waals surface area contributed by atoms with Crippen molar-refractivity contribution in [2.45, 2.75) is 18.4 Å². The number of carboxylic acids is 1. The van der Waals surface area contributed by atoms with Gasteiger partial charge in [0.1, 0.15) is 5.54 Å². The van der Waals surface area contributed by atoms with Crippen molar-refractivity contribution in [1.82, 2.24) is 4.90 Å². The molecule has 5 N–H and O–H groups in total. The quantitative estimate of drug-likeness (QED) is 0.517. The third kappa shape index (κ3) is 2.40. The Morgan fingerprint density at radius 1 is 1.46 bits per heavy atom. The Bertz CT molecular complexity index is 188. The molecule has 1 saturated heterocycles. The standard InChI is InChI=1S/C8H17N3O2/c9-3-6-11-4-1-8(10,2-5-11)7(12)13/h1-6,9-10H2,(H,12,13). The fourth-order valence-electron chi connectivity index (χ4n) is 1.57. The van der Waals surface area contributed by atoms with Crippen molar-refractivity contribution in [3.8, 4) is 0 Å². The smallest absolute Gasteiger partial charge is 0.323 e. The van der Waals surface area contributed by atoms with Gasteiger partial charge in [0.25, 0.3) is 0 Å². The number of nitrogens with two attached hydrogens (primary N) is 2. The number of carboxylic acid groups (broad SMARTS) is 1. The molecule has 5 nitrogen and oxygen atoms in total. The van der Waals surface area contributed by atoms with Crippen LogP contribution >= 0.6 is 0 Å². The second kappa shape index (κ2) is 4.04. The largest absolute Gasteiger partial charge is 0.480 e. The molecule has 0 bridgehead atoms. The predicted molar refractivity (Wildman–Crippen MR) is 49.3 cm³/mol. The highest BCUT2D eigenvalue weighted by atomic mass is 16.4. The first kappa shape index (κ1) is 10.4. The number of likely N-dealkylation sites (tertiary alicyclic amines) is 1. The summed E-state index contributed by atoms with van der Waals surface area (Å²) in [5.74, 6) is -0.889. The van der Waals surface area contributed by atoms with Gasteiger partial charge in [0, 0.05) is 26.2 Å². The first-order valence-electron chi connectivity index (χ1n) is 4.53. The van der Waals surface area contributed by atoms with Crippen molar-refractivity contribution in [3.05, 3.63) is 0 Å². The van der Waals surface area contributed by atoms with Crippen LogP contribution in [0.25, 0.3) is 0 Å². The van der Waals surface area contributed by atoms with Gasteiger partial charge in [0.15, 0.2) is 0 Å². The highest BCUT2D eigenvalue weighted by Gasteiger charge is 2.37. The number of piperidine rings is 1. The van der Waals surface area contributed by atoms with E-state index in [1.807, 2.05) is 0 Å². The molecule has 1 aliphatic heterocycles. The zero-order valence-electron chi connectivity index (χ0n) is 7.70. The summed E-state index contributed by atoms with van der Waals surface area (Å²) >= 11 is 0. The van der Waals surface area contributed by atoms with Crippen molar-refractivity contribution >= 4 is 5.97 Å². The maximum Gasteiger partial charge on any atom is 0.323 e. The Labute approximate surface area is 77.7 Å². The van der Waals surface area contributed by atoms with Gasteiger partial charge in [-0.2, -0.15) is 0 Å². The molecule has 0 spiro atoms. The highest BCUT2D eigenvalue weighted by Crippen LogP contribution is 2.19. The molecule has 0 saturated carbocycles. The summed E-state index contributed by atoms with van der Waals surface area (Å²) in [4.78, 5) is 12.9. The monoisotopic (exact) mass is 187 g/mol. The molecule has 1 fully saturated rings. The molecule has 0 atom stereocenters. The van der Waals surface area contributed by atoms with Gasteiger partial charge in [-0.15, -0.1) is 0 Å². The van der Waals surface area contributed by atoms with E-state index < -0.39 is 11.5 Å². The SMILES string of the molecule is NCCN1CCC(N)(C(=O)O)CC1. The van der Waals surface area contributed by atoms with Gasteiger partial charge in [0.2, 0.25) is 0 Å². The zero-order valence-corrected chi connectivity index (χ0v) is 7.70. The highest BCUT2D eigenvalue weighted by molar-refractivity contribution is 5.78. The van der Waals surface area contributed by atoms with Crippen LogP contribution in [0.1, 0.15) is 12.8 Å². The van der Waals surface area contributed by atoms with Crippen LogP contribution in [-0.4, -0.2) is 47.7 Å². The molecule has 0 radical (unpaired) electrons. The van der Waals surface area contributed by atoms with Crippen LogP contribution in [0.3, 0.4) is 0 Å². The number of rotatable bonds is 3. The molecule has 0 unspecified atom stereocenters. The van der Waals surface area contributed by atoms with Gasteiger partial charge >= 0.3 is 5.97 Å². The van der Waals surface area contributed by atoms with E-state index in [4.69, 9.17) is 16.6 Å². The van der Waals surface area contributed by atoms with E-state index in [1.54, 1.807) is 0 Å². The molecule has 13 heavy (non-hydrogen) atoms. The molecule has 0 aliphatic carbocycles. The Kier molecular flexibility index (Phi) is 3.24. The van der Waals surface area contributed by atoms with E-state index in [2.05, 4.69) is 4.90 Å². The number of aliphatic carboxylic acids is 1. The number of carbonyl (C=O) groups is 1. The minimum Gasteiger partial charge on any atom is -0.480 e. The van der Waals surface area contributed by atoms with E-state index in [9.17, 15) is 4.79 Å². The summed E-state index contributed by atoms with van der Waals surface area (Å²) in [6, 6.07) is 0. The topological polar surface area (TPSA) is 92.6 Å². The van der Waals surface area contributed by atoms with E-state index in [0.717, 1.165) is 19.6 Å². The third-order valence-corrected chi connectivity index (χ3v) is 2.62. The summed E-state index contributed by atoms with van der Waals surface area (Å²) in [7, 11) is 0. The van der Waals surface area contributed by atoms with Gasteiger partial charge in [-0.05, 0) is 12.8 Å². The van der Waals surface area contributed by atoms with E-state index in [1.165, 1.54) is 0 Å². The molecule has 5 heteroatoms. The minimum absolute atomic E-state index is 0.516. The predicted octanol–water partition coefficient (Wildman–Crippen LogP) is -1.18. The Morgan fingerprint density at radius 3 is 2.38 bits per heavy atom. The molecule has 0 amide bonds. The molecule has 76 valence electrons. The lowest BCUT2D eigenvalue weighted by atomic mass is 9.89. The summed E-state index contributed by atoms with van der Waals surface area (Å²) < 4.78 is 0. The molecular weight excluding hydrogens is 170 g/mol. The third-order valence-electron chi connectivity index (χ3n) is 2.62. The lowest BCUT2D eigenvalue weighted by Gasteiger charge is -2.35. The average molecular weight is 187 g/mol. The molecule has 0 aromatic heterocycles. The van der Waals surface area contributed by atoms with Gasteiger partial charge in [-0.25, -0.2) is 0 Å². The number of hydrogen-bond acceptors (Lipinski definition) is 4. The molecule has 0 aromatic rings. The van der Waals surface area contributed by atoms with Crippen molar-refractivity contribution in [2.24, 2.45) is 11.5 Å². The fraction of sp³-hybridized carbons (Fsp3) is 0.875. The van der Waals surface area contributed by atoms with Crippen LogP contribution < -0.4 is 11.5 Å². The number of nitrogens with zero attached hydrogens (tertiary/aromatic N) is 1. The van der Waals surface area contributed by atoms with E-state index in [0.29, 0.717) is 19.4 Å². The first-order chi connectivity index (χ1) is 6.08. The second-order valence-electron chi connectivity index (χ2n) is 3.59. The van der Waals surface area contributed by atoms with Crippen molar-refractivity contribution < 1.29 is 9.90 Å². The Morgan fingerprint density at radius 2 is 2.00 bits per heavy atom. The Hall–Kier alpha value is -0.650. The van der Waals surface area contributed by atoms with Crippen molar-refractivity contribution in [1.29, 1.82) is 0 Å². The first-order valence-corrected chi connectivity index (χ1v) is 4.53. The van der Waals surface area contributed by atoms with E-state index >= 15 is 0 Å². The minimum atomic E-state index is -1.01. The van der Waals surface area contributed by atoms with Gasteiger partial charge in [-0.3, -0.25) is 4.79 Å². The van der Waals surface area contributed by atoms with Crippen molar-refractivity contribution in [2.75, 3.05) is 26.2 Å². The van der Waals surface area contributed by atoms with Crippen LogP contribution in [0.4, 0.5) is 0 Å². The van der Waals surface area contributed by atoms with Crippen LogP contribution in [0.2, 0.25) is 0 Å². The van der Waals surface area contributed by atoms with Crippen molar-refractivity contribution in [3.63, 3.8) is 0 Å². The maximum atomic E-state index is 10.8. The van der Waals surface area contributed by atoms with Gasteiger partial charge < -0.3 is 21.5 Å². The average Bonchev–Trinajstić information content (AvgIpc) is 2.09. The summed E-state index contributed by atoms with van der Waals surface area (Å²) in [6.07, 6.45) is 1.03. The second-order valence-corrected chi connectivity index (χ2v) is 3.59. The number of hydrogen-bond donors (Lipinski definition) is 3. The fourth-order valence-corrected chi connectivity index (χ4v) is 1.57. The van der Waals surface area contributed by atoms with E-state index in [-0.39, 0.29) is 0 Å². The van der Waals surface area contributed by atoms with Gasteiger partial charge in [0.05, 0.1) is 0 Å². The molecule has 1 heterocycles. The summed E-state index contributed by atoms with van der Waals surface area (Å²) in [5, 5.41) is 8.85. The Balaban J connectivity index is 2.42. The zero-order chi connectivity index (χ0) is 9.90.